The molecule has 0 N–H and O–H groups in total. The van der Waals surface area contributed by atoms with Crippen LogP contribution in [-0.2, 0) is 9.53 Å². The molecule has 4 rings (SSSR count). The van der Waals surface area contributed by atoms with E-state index >= 15 is 0 Å². The van der Waals surface area contributed by atoms with Crippen LogP contribution in [0.2, 0.25) is 0 Å². The largest absolute Gasteiger partial charge is 0.497 e. The summed E-state index contributed by atoms with van der Waals surface area (Å²) in [5.74, 6) is 1.15. The second kappa shape index (κ2) is 4.70. The number of ether oxygens (including phenoxy) is 2. The molecule has 1 aromatic rings. The van der Waals surface area contributed by atoms with Crippen LogP contribution < -0.4 is 4.74 Å². The average Bonchev–Trinajstić information content (AvgIpc) is 2.43. The van der Waals surface area contributed by atoms with Crippen LogP contribution in [0.3, 0.4) is 0 Å². The maximum absolute atomic E-state index is 12.7. The van der Waals surface area contributed by atoms with Gasteiger partial charge in [-0.25, -0.2) is 0 Å². The molecule has 1 aromatic carbocycles. The van der Waals surface area contributed by atoms with Crippen LogP contribution in [0, 0.1) is 5.92 Å². The summed E-state index contributed by atoms with van der Waals surface area (Å²) in [6.07, 6.45) is 3.85. The molecule has 0 spiro atoms. The van der Waals surface area contributed by atoms with Crippen LogP contribution in [0.4, 0.5) is 0 Å². The minimum atomic E-state index is -0.656. The molecule has 0 amide bonds. The minimum absolute atomic E-state index is 0.147. The van der Waals surface area contributed by atoms with E-state index < -0.39 is 5.60 Å². The van der Waals surface area contributed by atoms with E-state index in [1.165, 1.54) is 0 Å². The molecule has 2 bridgehead atoms. The van der Waals surface area contributed by atoms with Crippen molar-refractivity contribution >= 4 is 11.9 Å². The van der Waals surface area contributed by atoms with Crippen LogP contribution in [0.1, 0.15) is 39.2 Å². The summed E-state index contributed by atoms with van der Waals surface area (Å²) in [5, 5.41) is 0. The van der Waals surface area contributed by atoms with Crippen molar-refractivity contribution in [2.75, 3.05) is 7.11 Å². The molecule has 1 aliphatic carbocycles. The first-order valence-electron chi connectivity index (χ1n) is 7.46. The lowest BCUT2D eigenvalue weighted by Gasteiger charge is -2.53. The van der Waals surface area contributed by atoms with E-state index in [9.17, 15) is 4.79 Å². The minimum Gasteiger partial charge on any atom is -0.497 e. The normalized spacial score (nSPS) is 32.5. The van der Waals surface area contributed by atoms with E-state index in [0.717, 1.165) is 29.7 Å². The molecule has 2 atom stereocenters. The molecule has 2 aliphatic heterocycles. The second-order valence-electron chi connectivity index (χ2n) is 6.73. The maximum atomic E-state index is 12.7. The first-order chi connectivity index (χ1) is 9.86. The molecular formula is C18H22O3. The number of fused-ring (bicyclic) bond motifs is 3. The molecule has 3 heteroatoms. The van der Waals surface area contributed by atoms with E-state index in [1.807, 2.05) is 37.3 Å². The van der Waals surface area contributed by atoms with Gasteiger partial charge in [0.25, 0.3) is 0 Å². The van der Waals surface area contributed by atoms with Gasteiger partial charge in [0, 0.05) is 11.5 Å². The van der Waals surface area contributed by atoms with Crippen LogP contribution in [0.5, 0.6) is 5.75 Å². The Morgan fingerprint density at radius 1 is 1.24 bits per heavy atom. The summed E-state index contributed by atoms with van der Waals surface area (Å²) in [5.41, 5.74) is 1.01. The molecule has 1 saturated carbocycles. The van der Waals surface area contributed by atoms with Gasteiger partial charge in [-0.15, -0.1) is 0 Å². The lowest BCUT2D eigenvalue weighted by molar-refractivity contribution is -0.206. The number of hydrogen-bond acceptors (Lipinski definition) is 3. The Balaban J connectivity index is 1.99. The van der Waals surface area contributed by atoms with E-state index in [1.54, 1.807) is 7.11 Å². The molecule has 2 unspecified atom stereocenters. The van der Waals surface area contributed by atoms with Crippen molar-refractivity contribution in [2.24, 2.45) is 5.92 Å². The van der Waals surface area contributed by atoms with Crippen molar-refractivity contribution in [3.63, 3.8) is 0 Å². The summed E-state index contributed by atoms with van der Waals surface area (Å²) < 4.78 is 11.2. The number of methoxy groups -OCH3 is 1. The van der Waals surface area contributed by atoms with Gasteiger partial charge in [-0.1, -0.05) is 12.1 Å². The second-order valence-corrected chi connectivity index (χ2v) is 6.73. The summed E-state index contributed by atoms with van der Waals surface area (Å²) in [6.45, 7) is 6.10. The van der Waals surface area contributed by atoms with Gasteiger partial charge in [0.1, 0.15) is 11.4 Å². The van der Waals surface area contributed by atoms with Crippen molar-refractivity contribution in [3.05, 3.63) is 35.4 Å². The fourth-order valence-corrected chi connectivity index (χ4v) is 3.67. The summed E-state index contributed by atoms with van der Waals surface area (Å²) >= 11 is 0. The smallest absolute Gasteiger partial charge is 0.190 e. The van der Waals surface area contributed by atoms with Gasteiger partial charge in [0.05, 0.1) is 12.7 Å². The highest BCUT2D eigenvalue weighted by Crippen LogP contribution is 2.50. The molecule has 3 aliphatic rings. The SMILES string of the molecule is COc1ccc(/C=C2\C(=O)C3(C)CCC2C(C)(C)O3)cc1. The van der Waals surface area contributed by atoms with Gasteiger partial charge >= 0.3 is 0 Å². The highest BCUT2D eigenvalue weighted by molar-refractivity contribution is 6.07. The molecule has 0 radical (unpaired) electrons. The Hall–Kier alpha value is -1.61. The zero-order valence-electron chi connectivity index (χ0n) is 13.1. The number of hydrogen-bond donors (Lipinski definition) is 0. The van der Waals surface area contributed by atoms with E-state index in [-0.39, 0.29) is 17.3 Å². The lowest BCUT2D eigenvalue weighted by Crippen LogP contribution is -2.60. The van der Waals surface area contributed by atoms with Crippen molar-refractivity contribution in [2.45, 2.75) is 44.8 Å². The van der Waals surface area contributed by atoms with Crippen LogP contribution in [-0.4, -0.2) is 24.1 Å². The van der Waals surface area contributed by atoms with E-state index in [0.29, 0.717) is 0 Å². The first kappa shape index (κ1) is 14.3. The van der Waals surface area contributed by atoms with Crippen molar-refractivity contribution < 1.29 is 14.3 Å². The molecule has 21 heavy (non-hydrogen) atoms. The predicted octanol–water partition coefficient (Wildman–Crippen LogP) is 3.63. The Bertz CT molecular complexity index is 597. The number of carbonyl (C=O) groups is 1. The lowest BCUT2D eigenvalue weighted by atomic mass is 9.65. The van der Waals surface area contributed by atoms with Gasteiger partial charge < -0.3 is 9.47 Å². The van der Waals surface area contributed by atoms with Crippen molar-refractivity contribution in [1.29, 1.82) is 0 Å². The van der Waals surface area contributed by atoms with E-state index in [4.69, 9.17) is 9.47 Å². The van der Waals surface area contributed by atoms with Crippen LogP contribution in [0.15, 0.2) is 29.8 Å². The molecule has 0 aromatic heterocycles. The van der Waals surface area contributed by atoms with Crippen LogP contribution in [0.25, 0.3) is 6.08 Å². The average molecular weight is 286 g/mol. The van der Waals surface area contributed by atoms with Gasteiger partial charge in [-0.3, -0.25) is 4.79 Å². The van der Waals surface area contributed by atoms with Crippen molar-refractivity contribution in [1.82, 2.24) is 0 Å². The number of rotatable bonds is 2. The molecule has 2 saturated heterocycles. The van der Waals surface area contributed by atoms with Gasteiger partial charge in [-0.2, -0.15) is 0 Å². The Kier molecular flexibility index (Phi) is 3.21. The Morgan fingerprint density at radius 3 is 2.48 bits per heavy atom. The van der Waals surface area contributed by atoms with Gasteiger partial charge in [0.15, 0.2) is 5.78 Å². The summed E-state index contributed by atoms with van der Waals surface area (Å²) in [4.78, 5) is 12.7. The molecule has 112 valence electrons. The van der Waals surface area contributed by atoms with Crippen molar-refractivity contribution in [3.8, 4) is 5.75 Å². The third kappa shape index (κ3) is 2.30. The number of ketones is 1. The molecule has 2 heterocycles. The highest BCUT2D eigenvalue weighted by Gasteiger charge is 2.56. The highest BCUT2D eigenvalue weighted by atomic mass is 16.5. The zero-order valence-corrected chi connectivity index (χ0v) is 13.1. The monoisotopic (exact) mass is 286 g/mol. The summed E-state index contributed by atoms with van der Waals surface area (Å²) in [6, 6.07) is 7.80. The third-order valence-corrected chi connectivity index (χ3v) is 4.79. The number of carbonyl (C=O) groups excluding carboxylic acids is 1. The number of benzene rings is 1. The fourth-order valence-electron chi connectivity index (χ4n) is 3.67. The van der Waals surface area contributed by atoms with Gasteiger partial charge in [0.2, 0.25) is 0 Å². The van der Waals surface area contributed by atoms with Gasteiger partial charge in [-0.05, 0) is 57.4 Å². The Morgan fingerprint density at radius 2 is 1.90 bits per heavy atom. The van der Waals surface area contributed by atoms with E-state index in [2.05, 4.69) is 13.8 Å². The summed E-state index contributed by atoms with van der Waals surface area (Å²) in [7, 11) is 1.65. The maximum Gasteiger partial charge on any atom is 0.190 e. The fraction of sp³-hybridized carbons (Fsp3) is 0.500. The zero-order chi connectivity index (χ0) is 15.3. The topological polar surface area (TPSA) is 35.5 Å². The first-order valence-corrected chi connectivity index (χ1v) is 7.46. The Labute approximate surface area is 125 Å². The standard InChI is InChI=1S/C18H22O3/c1-17(2)15-9-10-18(3,21-17)16(19)14(15)11-12-5-7-13(20-4)8-6-12/h5-8,11,15H,9-10H2,1-4H3/b14-11-. The quantitative estimate of drug-likeness (QED) is 0.779. The number of Topliss-reactive ketones (excluding diaryl/α,β-unsaturated/α-hetero) is 1. The molecule has 3 fully saturated rings. The third-order valence-electron chi connectivity index (χ3n) is 4.79. The molecular weight excluding hydrogens is 264 g/mol. The predicted molar refractivity (Wildman–Crippen MR) is 82.3 cm³/mol. The van der Waals surface area contributed by atoms with Crippen LogP contribution >= 0.6 is 0 Å². The molecule has 3 nitrogen and oxygen atoms in total.